The van der Waals surface area contributed by atoms with Gasteiger partial charge in [-0.05, 0) is 78.5 Å². The molecule has 1 N–H and O–H groups in total. The summed E-state index contributed by atoms with van der Waals surface area (Å²) >= 11 is 3.21. The van der Waals surface area contributed by atoms with Gasteiger partial charge in [-0.2, -0.15) is 11.3 Å². The van der Waals surface area contributed by atoms with Gasteiger partial charge < -0.3 is 14.6 Å². The van der Waals surface area contributed by atoms with Crippen molar-refractivity contribution < 1.29 is 9.21 Å². The molecule has 1 saturated carbocycles. The molecule has 2 aliphatic rings. The van der Waals surface area contributed by atoms with Crippen LogP contribution in [-0.4, -0.2) is 36.2 Å². The van der Waals surface area contributed by atoms with Crippen molar-refractivity contribution in [2.75, 3.05) is 19.3 Å². The minimum absolute atomic E-state index is 0. The Labute approximate surface area is 162 Å². The van der Waals surface area contributed by atoms with Crippen LogP contribution in [0.3, 0.4) is 0 Å². The predicted octanol–water partition coefficient (Wildman–Crippen LogP) is 4.27. The Morgan fingerprint density at radius 2 is 2.20 bits per heavy atom. The summed E-state index contributed by atoms with van der Waals surface area (Å²) in [5.74, 6) is 0.493. The fourth-order valence-electron chi connectivity index (χ4n) is 3.82. The Balaban J connectivity index is 0.00000182. The highest BCUT2D eigenvalue weighted by Crippen LogP contribution is 2.56. The molecule has 1 amide bonds. The Kier molecular flexibility index (Phi) is 5.83. The molecule has 4 rings (SSSR count). The number of carbonyl (C=O) groups excluding carboxylic acids is 1. The lowest BCUT2D eigenvalue weighted by atomic mass is 9.93. The van der Waals surface area contributed by atoms with Gasteiger partial charge in [0.05, 0.1) is 0 Å². The Bertz CT molecular complexity index is 710. The molecule has 0 bridgehead atoms. The Hall–Kier alpha value is -0.950. The van der Waals surface area contributed by atoms with Crippen molar-refractivity contribution in [1.29, 1.82) is 0 Å². The summed E-state index contributed by atoms with van der Waals surface area (Å²) in [4.78, 5) is 15.2. The smallest absolute Gasteiger partial charge is 0.290 e. The lowest BCUT2D eigenvalue weighted by Gasteiger charge is -2.29. The van der Waals surface area contributed by atoms with Crippen LogP contribution in [0.1, 0.15) is 35.4 Å². The number of carbonyl (C=O) groups is 1. The first-order chi connectivity index (χ1) is 11.7. The first kappa shape index (κ1) is 18.8. The highest BCUT2D eigenvalue weighted by Gasteiger charge is 2.58. The van der Waals surface area contributed by atoms with Gasteiger partial charge in [-0.1, -0.05) is 11.8 Å². The number of amides is 1. The van der Waals surface area contributed by atoms with E-state index in [1.165, 1.54) is 30.2 Å². The van der Waals surface area contributed by atoms with Crippen LogP contribution in [0, 0.1) is 5.41 Å². The third-order valence-corrected chi connectivity index (χ3v) is 6.66. The lowest BCUT2D eigenvalue weighted by Crippen LogP contribution is -2.39. The summed E-state index contributed by atoms with van der Waals surface area (Å²) in [6.07, 6.45) is 5.42. The van der Waals surface area contributed by atoms with Crippen LogP contribution in [0.4, 0.5) is 0 Å². The number of nitrogens with one attached hydrogen (secondary N) is 1. The van der Waals surface area contributed by atoms with Crippen molar-refractivity contribution in [2.45, 2.75) is 36.9 Å². The zero-order chi connectivity index (χ0) is 16.6. The van der Waals surface area contributed by atoms with Crippen LogP contribution in [0.15, 0.2) is 38.5 Å². The molecule has 2 aromatic rings. The third-order valence-electron chi connectivity index (χ3n) is 5.31. The molecule has 25 heavy (non-hydrogen) atoms. The van der Waals surface area contributed by atoms with Gasteiger partial charge in [0.1, 0.15) is 0 Å². The minimum Gasteiger partial charge on any atom is -0.445 e. The summed E-state index contributed by atoms with van der Waals surface area (Å²) in [6, 6.07) is 6.15. The number of thioether (sulfide) groups is 1. The number of hydrogen-bond donors (Lipinski definition) is 1. The summed E-state index contributed by atoms with van der Waals surface area (Å²) in [5.41, 5.74) is 1.53. The van der Waals surface area contributed by atoms with E-state index in [-0.39, 0.29) is 18.3 Å². The topological polar surface area (TPSA) is 45.5 Å². The highest BCUT2D eigenvalue weighted by molar-refractivity contribution is 7.98. The van der Waals surface area contributed by atoms with Crippen LogP contribution in [0.2, 0.25) is 0 Å². The molecule has 1 saturated heterocycles. The minimum atomic E-state index is 0. The molecular formula is C18H23ClN2O2S2. The zero-order valence-electron chi connectivity index (χ0n) is 14.2. The van der Waals surface area contributed by atoms with E-state index in [0.29, 0.717) is 23.8 Å². The van der Waals surface area contributed by atoms with Crippen molar-refractivity contribution in [3.05, 3.63) is 40.3 Å². The first-order valence-electron chi connectivity index (χ1n) is 8.38. The second-order valence-electron chi connectivity index (χ2n) is 6.72. The third kappa shape index (κ3) is 3.77. The van der Waals surface area contributed by atoms with Gasteiger partial charge in [0.25, 0.3) is 5.91 Å². The first-order valence-corrected chi connectivity index (χ1v) is 10.6. The number of piperidine rings is 1. The van der Waals surface area contributed by atoms with E-state index in [4.69, 9.17) is 4.42 Å². The van der Waals surface area contributed by atoms with Gasteiger partial charge in [-0.25, -0.2) is 0 Å². The van der Waals surface area contributed by atoms with E-state index in [9.17, 15) is 4.79 Å². The molecule has 1 spiro atoms. The van der Waals surface area contributed by atoms with E-state index in [0.717, 1.165) is 24.6 Å². The van der Waals surface area contributed by atoms with E-state index in [1.807, 2.05) is 18.4 Å². The van der Waals surface area contributed by atoms with Gasteiger partial charge in [0, 0.05) is 12.6 Å². The average Bonchev–Trinajstić information content (AvgIpc) is 3.05. The number of thiophene rings is 1. The van der Waals surface area contributed by atoms with Gasteiger partial charge >= 0.3 is 0 Å². The number of furan rings is 1. The van der Waals surface area contributed by atoms with Crippen LogP contribution in [-0.2, 0) is 6.54 Å². The number of halogens is 1. The van der Waals surface area contributed by atoms with Crippen LogP contribution in [0.5, 0.6) is 0 Å². The van der Waals surface area contributed by atoms with Crippen LogP contribution < -0.4 is 5.32 Å². The molecule has 2 aromatic heterocycles. The molecule has 0 aromatic carbocycles. The van der Waals surface area contributed by atoms with Gasteiger partial charge in [0.15, 0.2) is 10.9 Å². The second kappa shape index (κ2) is 7.74. The van der Waals surface area contributed by atoms with E-state index >= 15 is 0 Å². The predicted molar refractivity (Wildman–Crippen MR) is 105 cm³/mol. The molecule has 1 atom stereocenters. The maximum Gasteiger partial charge on any atom is 0.290 e. The van der Waals surface area contributed by atoms with Crippen molar-refractivity contribution in [1.82, 2.24) is 10.2 Å². The zero-order valence-corrected chi connectivity index (χ0v) is 16.6. The molecule has 0 radical (unpaired) electrons. The molecule has 1 aliphatic heterocycles. The summed E-state index contributed by atoms with van der Waals surface area (Å²) in [6.45, 7) is 2.81. The Morgan fingerprint density at radius 3 is 2.84 bits per heavy atom. The maximum atomic E-state index is 13.1. The summed E-state index contributed by atoms with van der Waals surface area (Å²) in [7, 11) is 0. The van der Waals surface area contributed by atoms with Crippen molar-refractivity contribution >= 4 is 41.4 Å². The largest absolute Gasteiger partial charge is 0.445 e. The monoisotopic (exact) mass is 398 g/mol. The fourth-order valence-corrected chi connectivity index (χ4v) is 4.86. The molecular weight excluding hydrogens is 376 g/mol. The molecule has 2 fully saturated rings. The van der Waals surface area contributed by atoms with Crippen molar-refractivity contribution in [3.8, 4) is 0 Å². The average molecular weight is 399 g/mol. The van der Waals surface area contributed by atoms with Crippen LogP contribution in [0.25, 0.3) is 0 Å². The molecule has 7 heteroatoms. The molecule has 1 aliphatic carbocycles. The van der Waals surface area contributed by atoms with Gasteiger partial charge in [-0.15, -0.1) is 12.4 Å². The Morgan fingerprint density at radius 1 is 1.40 bits per heavy atom. The van der Waals surface area contributed by atoms with Crippen LogP contribution >= 0.6 is 35.5 Å². The van der Waals surface area contributed by atoms with E-state index < -0.39 is 0 Å². The molecule has 4 nitrogen and oxygen atoms in total. The highest BCUT2D eigenvalue weighted by atomic mass is 35.5. The van der Waals surface area contributed by atoms with Crippen molar-refractivity contribution in [3.63, 3.8) is 0 Å². The van der Waals surface area contributed by atoms with Gasteiger partial charge in [0.2, 0.25) is 0 Å². The SMILES string of the molecule is CSc1ccc(C(=O)N(Cc2ccsc2)C2CC23CCNCC3)o1.Cl. The van der Waals surface area contributed by atoms with E-state index in [2.05, 4.69) is 27.0 Å². The van der Waals surface area contributed by atoms with E-state index in [1.54, 1.807) is 11.3 Å². The second-order valence-corrected chi connectivity index (χ2v) is 8.31. The maximum absolute atomic E-state index is 13.1. The van der Waals surface area contributed by atoms with Gasteiger partial charge in [-0.3, -0.25) is 4.79 Å². The quantitative estimate of drug-likeness (QED) is 0.764. The number of rotatable bonds is 5. The summed E-state index contributed by atoms with van der Waals surface area (Å²) < 4.78 is 5.71. The molecule has 1 unspecified atom stereocenters. The number of nitrogens with zero attached hydrogens (tertiary/aromatic N) is 1. The lowest BCUT2D eigenvalue weighted by molar-refractivity contribution is 0.0654. The molecule has 3 heterocycles. The van der Waals surface area contributed by atoms with Crippen molar-refractivity contribution in [2.24, 2.45) is 5.41 Å². The summed E-state index contributed by atoms with van der Waals surface area (Å²) in [5, 5.41) is 8.43. The molecule has 136 valence electrons. The fraction of sp³-hybridized carbons (Fsp3) is 0.500. The standard InChI is InChI=1S/C18H22N2O2S2.ClH/c1-23-16-3-2-14(22-16)17(21)20(11-13-4-9-24-12-13)15-10-18(15)5-7-19-8-6-18;/h2-4,9,12,15,19H,5-8,10-11H2,1H3;1H. The normalized spacial score (nSPS) is 20.9. The number of hydrogen-bond acceptors (Lipinski definition) is 5.